The van der Waals surface area contributed by atoms with Crippen LogP contribution in [-0.4, -0.2) is 56.7 Å². The average Bonchev–Trinajstić information content (AvgIpc) is 3.10. The number of piperidine rings is 1. The van der Waals surface area contributed by atoms with E-state index in [2.05, 4.69) is 14.9 Å². The number of nitrogens with zero attached hydrogens (tertiary/aromatic N) is 5. The normalized spacial score (nSPS) is 17.3. The van der Waals surface area contributed by atoms with Gasteiger partial charge in [-0.2, -0.15) is 0 Å². The van der Waals surface area contributed by atoms with E-state index >= 15 is 0 Å². The summed E-state index contributed by atoms with van der Waals surface area (Å²) in [5.74, 6) is 1.99. The summed E-state index contributed by atoms with van der Waals surface area (Å²) in [6.45, 7) is 5.02. The molecule has 0 saturated carbocycles. The van der Waals surface area contributed by atoms with Crippen molar-refractivity contribution in [2.75, 3.05) is 31.1 Å². The molecule has 0 radical (unpaired) electrons. The van der Waals surface area contributed by atoms with Crippen LogP contribution < -0.4 is 4.90 Å². The third-order valence-corrected chi connectivity index (χ3v) is 5.02. The molecule has 3 rings (SSSR count). The predicted molar refractivity (Wildman–Crippen MR) is 99.9 cm³/mol. The second-order valence-corrected chi connectivity index (χ2v) is 6.82. The fourth-order valence-corrected chi connectivity index (χ4v) is 3.35. The summed E-state index contributed by atoms with van der Waals surface area (Å²) in [6, 6.07) is 3.75. The first kappa shape index (κ1) is 18.4. The number of aromatic nitrogens is 3. The maximum atomic E-state index is 12.8. The summed E-state index contributed by atoms with van der Waals surface area (Å²) in [5.41, 5.74) is 0.584. The van der Waals surface area contributed by atoms with E-state index in [1.165, 1.54) is 0 Å². The summed E-state index contributed by atoms with van der Waals surface area (Å²) in [7, 11) is 1.93. The highest BCUT2D eigenvalue weighted by Crippen LogP contribution is 2.21. The van der Waals surface area contributed by atoms with E-state index in [4.69, 9.17) is 0 Å². The van der Waals surface area contributed by atoms with Crippen LogP contribution in [-0.2, 0) is 13.6 Å². The minimum absolute atomic E-state index is 0.0403. The standard InChI is InChI=1S/C19H27N5O2/c1-3-23(13-18-20-8-10-22(18)2)19(26)16-6-7-17(21-11-16)24-9-4-5-15(12-24)14-25/h6-8,10-11,15,25H,3-5,9,12-14H2,1-2H3/t15-/m0/s1. The Hall–Kier alpha value is -2.41. The second kappa shape index (κ2) is 8.31. The maximum Gasteiger partial charge on any atom is 0.255 e. The van der Waals surface area contributed by atoms with Crippen LogP contribution in [0.5, 0.6) is 0 Å². The van der Waals surface area contributed by atoms with E-state index < -0.39 is 0 Å². The van der Waals surface area contributed by atoms with Crippen LogP contribution in [0.1, 0.15) is 35.9 Å². The molecular formula is C19H27N5O2. The molecule has 7 nitrogen and oxygen atoms in total. The zero-order valence-electron chi connectivity index (χ0n) is 15.5. The zero-order chi connectivity index (χ0) is 18.5. The molecule has 2 aromatic heterocycles. The number of anilines is 1. The van der Waals surface area contributed by atoms with Crippen LogP contribution in [0.3, 0.4) is 0 Å². The fourth-order valence-electron chi connectivity index (χ4n) is 3.35. The number of rotatable bonds is 6. The molecule has 1 fully saturated rings. The van der Waals surface area contributed by atoms with Gasteiger partial charge in [0.2, 0.25) is 0 Å². The largest absolute Gasteiger partial charge is 0.396 e. The topological polar surface area (TPSA) is 74.5 Å². The predicted octanol–water partition coefficient (Wildman–Crippen LogP) is 1.69. The number of carbonyl (C=O) groups excluding carboxylic acids is 1. The van der Waals surface area contributed by atoms with Gasteiger partial charge in [-0.25, -0.2) is 9.97 Å². The van der Waals surface area contributed by atoms with Crippen molar-refractivity contribution in [3.05, 3.63) is 42.1 Å². The summed E-state index contributed by atoms with van der Waals surface area (Å²) >= 11 is 0. The average molecular weight is 357 g/mol. The van der Waals surface area contributed by atoms with Crippen molar-refractivity contribution in [2.24, 2.45) is 13.0 Å². The number of aliphatic hydroxyl groups excluding tert-OH is 1. The van der Waals surface area contributed by atoms with Crippen LogP contribution in [0.2, 0.25) is 0 Å². The van der Waals surface area contributed by atoms with Gasteiger partial charge in [0.25, 0.3) is 5.91 Å². The van der Waals surface area contributed by atoms with Crippen LogP contribution in [0, 0.1) is 5.92 Å². The highest BCUT2D eigenvalue weighted by atomic mass is 16.3. The maximum absolute atomic E-state index is 12.8. The van der Waals surface area contributed by atoms with Crippen LogP contribution in [0.4, 0.5) is 5.82 Å². The van der Waals surface area contributed by atoms with Crippen molar-refractivity contribution in [3.8, 4) is 0 Å². The smallest absolute Gasteiger partial charge is 0.255 e. The zero-order valence-corrected chi connectivity index (χ0v) is 15.5. The lowest BCUT2D eigenvalue weighted by molar-refractivity contribution is 0.0747. The van der Waals surface area contributed by atoms with E-state index in [9.17, 15) is 9.90 Å². The van der Waals surface area contributed by atoms with E-state index in [0.717, 1.165) is 37.6 Å². The molecule has 0 bridgehead atoms. The van der Waals surface area contributed by atoms with Gasteiger partial charge < -0.3 is 19.5 Å². The van der Waals surface area contributed by atoms with E-state index in [1.54, 1.807) is 17.3 Å². The lowest BCUT2D eigenvalue weighted by Gasteiger charge is -2.32. The number of hydrogen-bond donors (Lipinski definition) is 1. The molecule has 3 heterocycles. The lowest BCUT2D eigenvalue weighted by atomic mass is 9.99. The fraction of sp³-hybridized carbons (Fsp3) is 0.526. The monoisotopic (exact) mass is 357 g/mol. The number of aryl methyl sites for hydroxylation is 1. The van der Waals surface area contributed by atoms with Crippen molar-refractivity contribution in [3.63, 3.8) is 0 Å². The van der Waals surface area contributed by atoms with Gasteiger partial charge in [-0.1, -0.05) is 0 Å². The van der Waals surface area contributed by atoms with E-state index in [1.807, 2.05) is 36.9 Å². The number of imidazole rings is 1. The second-order valence-electron chi connectivity index (χ2n) is 6.82. The Morgan fingerprint density at radius 2 is 2.23 bits per heavy atom. The van der Waals surface area contributed by atoms with Crippen molar-refractivity contribution >= 4 is 11.7 Å². The van der Waals surface area contributed by atoms with Crippen LogP contribution in [0.15, 0.2) is 30.7 Å². The number of amides is 1. The molecule has 1 N–H and O–H groups in total. The Morgan fingerprint density at radius 1 is 1.38 bits per heavy atom. The van der Waals surface area contributed by atoms with Gasteiger partial charge in [-0.15, -0.1) is 0 Å². The number of aliphatic hydroxyl groups is 1. The molecule has 26 heavy (non-hydrogen) atoms. The molecule has 1 aliphatic rings. The molecule has 1 aliphatic heterocycles. The third kappa shape index (κ3) is 4.04. The molecule has 0 aromatic carbocycles. The molecule has 7 heteroatoms. The molecular weight excluding hydrogens is 330 g/mol. The highest BCUT2D eigenvalue weighted by molar-refractivity contribution is 5.94. The first-order valence-corrected chi connectivity index (χ1v) is 9.19. The van der Waals surface area contributed by atoms with Gasteiger partial charge in [0.15, 0.2) is 0 Å². The summed E-state index contributed by atoms with van der Waals surface area (Å²) in [6.07, 6.45) is 7.38. The quantitative estimate of drug-likeness (QED) is 0.851. The molecule has 0 aliphatic carbocycles. The molecule has 0 unspecified atom stereocenters. The number of carbonyl (C=O) groups is 1. The van der Waals surface area contributed by atoms with Crippen molar-refractivity contribution in [1.82, 2.24) is 19.4 Å². The minimum atomic E-state index is -0.0403. The molecule has 1 atom stereocenters. The molecule has 1 amide bonds. The lowest BCUT2D eigenvalue weighted by Crippen LogP contribution is -2.37. The van der Waals surface area contributed by atoms with E-state index in [-0.39, 0.29) is 12.5 Å². The summed E-state index contributed by atoms with van der Waals surface area (Å²) in [4.78, 5) is 25.5. The van der Waals surface area contributed by atoms with Gasteiger partial charge in [0, 0.05) is 51.9 Å². The van der Waals surface area contributed by atoms with Gasteiger partial charge in [0.05, 0.1) is 12.1 Å². The Balaban J connectivity index is 1.68. The third-order valence-electron chi connectivity index (χ3n) is 5.02. The molecule has 140 valence electrons. The number of pyridine rings is 1. The van der Waals surface area contributed by atoms with Crippen LogP contribution in [0.25, 0.3) is 0 Å². The SMILES string of the molecule is CCN(Cc1nccn1C)C(=O)c1ccc(N2CCC[C@H](CO)C2)nc1. The first-order valence-electron chi connectivity index (χ1n) is 9.19. The first-order chi connectivity index (χ1) is 12.6. The Kier molecular flexibility index (Phi) is 5.88. The Labute approximate surface area is 154 Å². The Bertz CT molecular complexity index is 728. The van der Waals surface area contributed by atoms with Crippen LogP contribution >= 0.6 is 0 Å². The van der Waals surface area contributed by atoms with Crippen molar-refractivity contribution in [1.29, 1.82) is 0 Å². The molecule has 0 spiro atoms. The molecule has 1 saturated heterocycles. The molecule has 2 aromatic rings. The van der Waals surface area contributed by atoms with Crippen molar-refractivity contribution in [2.45, 2.75) is 26.3 Å². The van der Waals surface area contributed by atoms with Gasteiger partial charge in [-0.05, 0) is 37.8 Å². The summed E-state index contributed by atoms with van der Waals surface area (Å²) < 4.78 is 1.92. The summed E-state index contributed by atoms with van der Waals surface area (Å²) in [5, 5.41) is 9.38. The van der Waals surface area contributed by atoms with Crippen molar-refractivity contribution < 1.29 is 9.90 Å². The van der Waals surface area contributed by atoms with Gasteiger partial charge in [0.1, 0.15) is 11.6 Å². The Morgan fingerprint density at radius 3 is 2.85 bits per heavy atom. The minimum Gasteiger partial charge on any atom is -0.396 e. The van der Waals surface area contributed by atoms with E-state index in [0.29, 0.717) is 24.6 Å². The number of hydrogen-bond acceptors (Lipinski definition) is 5. The highest BCUT2D eigenvalue weighted by Gasteiger charge is 2.21. The van der Waals surface area contributed by atoms with Gasteiger partial charge >= 0.3 is 0 Å². The van der Waals surface area contributed by atoms with Gasteiger partial charge in [-0.3, -0.25) is 4.79 Å².